The van der Waals surface area contributed by atoms with Crippen molar-refractivity contribution in [3.05, 3.63) is 46.8 Å². The van der Waals surface area contributed by atoms with E-state index in [0.717, 1.165) is 24.0 Å². The molecule has 5 rings (SSSR count). The van der Waals surface area contributed by atoms with Gasteiger partial charge in [0.15, 0.2) is 16.3 Å². The minimum Gasteiger partial charge on any atom is -0.486 e. The molecule has 10 nitrogen and oxygen atoms in total. The molecule has 1 saturated heterocycles. The third-order valence-corrected chi connectivity index (χ3v) is 9.58. The Hall–Kier alpha value is -3.22. The zero-order valence-corrected chi connectivity index (χ0v) is 22.1. The van der Waals surface area contributed by atoms with Gasteiger partial charge in [-0.3, -0.25) is 9.59 Å². The first-order valence-electron chi connectivity index (χ1n) is 12.0. The number of piperidine rings is 1. The molecule has 1 amide bonds. The molecule has 1 fully saturated rings. The van der Waals surface area contributed by atoms with Gasteiger partial charge in [-0.15, -0.1) is 0 Å². The molecule has 0 radical (unpaired) electrons. The van der Waals surface area contributed by atoms with Crippen LogP contribution in [-0.2, 0) is 26.1 Å². The van der Waals surface area contributed by atoms with E-state index in [-0.39, 0.29) is 23.0 Å². The van der Waals surface area contributed by atoms with E-state index in [1.54, 1.807) is 16.7 Å². The number of methoxy groups -OCH3 is 1. The Morgan fingerprint density at radius 3 is 2.49 bits per heavy atom. The standard InChI is InChI=1S/C25H27N3O7S2/c1-16-5-3-4-10-28(16)37(31,32)18-8-6-17(7-9-18)24(30)26-25-27(15-23(29)33-2)19-13-20-21(14-22(19)36-25)35-12-11-34-20/h6-9,13-14,16H,3-5,10-12,15H2,1-2H3. The molecule has 2 aromatic carbocycles. The number of amides is 1. The van der Waals surface area contributed by atoms with Crippen LogP contribution in [0.2, 0.25) is 0 Å². The van der Waals surface area contributed by atoms with Gasteiger partial charge in [-0.2, -0.15) is 9.30 Å². The third-order valence-electron chi connectivity index (χ3n) is 6.51. The molecule has 0 bridgehead atoms. The number of esters is 1. The summed E-state index contributed by atoms with van der Waals surface area (Å²) in [5, 5.41) is 0. The number of carbonyl (C=O) groups excluding carboxylic acids is 2. The lowest BCUT2D eigenvalue weighted by atomic mass is 10.1. The predicted molar refractivity (Wildman–Crippen MR) is 136 cm³/mol. The number of carbonyl (C=O) groups is 2. The van der Waals surface area contributed by atoms with Crippen molar-refractivity contribution in [1.82, 2.24) is 8.87 Å². The third kappa shape index (κ3) is 5.00. The molecule has 3 aromatic rings. The summed E-state index contributed by atoms with van der Waals surface area (Å²) in [7, 11) is -2.36. The molecule has 1 atom stereocenters. The van der Waals surface area contributed by atoms with E-state index in [0.29, 0.717) is 41.6 Å². The van der Waals surface area contributed by atoms with Crippen LogP contribution in [0.3, 0.4) is 0 Å². The Kier molecular flexibility index (Phi) is 7.06. The van der Waals surface area contributed by atoms with E-state index in [4.69, 9.17) is 14.2 Å². The van der Waals surface area contributed by atoms with Gasteiger partial charge in [0.1, 0.15) is 19.8 Å². The zero-order chi connectivity index (χ0) is 26.2. The molecule has 0 aliphatic carbocycles. The Labute approximate surface area is 218 Å². The van der Waals surface area contributed by atoms with Gasteiger partial charge in [-0.25, -0.2) is 8.42 Å². The fraction of sp³-hybridized carbons (Fsp3) is 0.400. The molecule has 12 heteroatoms. The maximum Gasteiger partial charge on any atom is 0.325 e. The second kappa shape index (κ2) is 10.3. The summed E-state index contributed by atoms with van der Waals surface area (Å²) in [6.07, 6.45) is 2.68. The molecular formula is C25H27N3O7S2. The van der Waals surface area contributed by atoms with Gasteiger partial charge in [-0.05, 0) is 44.0 Å². The summed E-state index contributed by atoms with van der Waals surface area (Å²) >= 11 is 1.23. The van der Waals surface area contributed by atoms with Crippen molar-refractivity contribution in [3.63, 3.8) is 0 Å². The number of hydrogen-bond donors (Lipinski definition) is 0. The van der Waals surface area contributed by atoms with Gasteiger partial charge in [-0.1, -0.05) is 17.8 Å². The van der Waals surface area contributed by atoms with Crippen LogP contribution < -0.4 is 14.3 Å². The number of thiazole rings is 1. The van der Waals surface area contributed by atoms with Crippen LogP contribution in [0, 0.1) is 0 Å². The van der Waals surface area contributed by atoms with E-state index >= 15 is 0 Å². The van der Waals surface area contributed by atoms with Crippen molar-refractivity contribution in [3.8, 4) is 11.5 Å². The number of benzene rings is 2. The van der Waals surface area contributed by atoms with E-state index < -0.39 is 21.9 Å². The van der Waals surface area contributed by atoms with Gasteiger partial charge in [0.05, 0.1) is 22.2 Å². The first kappa shape index (κ1) is 25.4. The summed E-state index contributed by atoms with van der Waals surface area (Å²) in [6.45, 7) is 3.11. The van der Waals surface area contributed by atoms with Crippen molar-refractivity contribution in [2.45, 2.75) is 43.7 Å². The van der Waals surface area contributed by atoms with E-state index in [9.17, 15) is 18.0 Å². The largest absolute Gasteiger partial charge is 0.486 e. The van der Waals surface area contributed by atoms with E-state index in [2.05, 4.69) is 4.99 Å². The van der Waals surface area contributed by atoms with Crippen LogP contribution in [0.25, 0.3) is 10.2 Å². The summed E-state index contributed by atoms with van der Waals surface area (Å²) in [5.74, 6) is 0.0819. The van der Waals surface area contributed by atoms with E-state index in [1.807, 2.05) is 6.92 Å². The smallest absolute Gasteiger partial charge is 0.325 e. The maximum absolute atomic E-state index is 13.1. The highest BCUT2D eigenvalue weighted by molar-refractivity contribution is 7.89. The maximum atomic E-state index is 13.1. The number of hydrogen-bond acceptors (Lipinski definition) is 8. The lowest BCUT2D eigenvalue weighted by molar-refractivity contribution is -0.141. The molecule has 0 spiro atoms. The van der Waals surface area contributed by atoms with E-state index in [1.165, 1.54) is 47.0 Å². The Morgan fingerprint density at radius 1 is 1.11 bits per heavy atom. The fourth-order valence-corrected chi connectivity index (χ4v) is 7.26. The van der Waals surface area contributed by atoms with Crippen LogP contribution in [-0.4, -0.2) is 62.1 Å². The minimum absolute atomic E-state index is 0.0604. The van der Waals surface area contributed by atoms with Crippen LogP contribution in [0.5, 0.6) is 11.5 Å². The first-order valence-corrected chi connectivity index (χ1v) is 14.2. The second-order valence-electron chi connectivity index (χ2n) is 8.91. The Bertz CT molecular complexity index is 1520. The average Bonchev–Trinajstić information content (AvgIpc) is 3.22. The lowest BCUT2D eigenvalue weighted by Gasteiger charge is -2.32. The summed E-state index contributed by atoms with van der Waals surface area (Å²) in [5.41, 5.74) is 0.891. The highest BCUT2D eigenvalue weighted by Gasteiger charge is 2.31. The Morgan fingerprint density at radius 2 is 1.81 bits per heavy atom. The zero-order valence-electron chi connectivity index (χ0n) is 20.5. The Balaban J connectivity index is 1.49. The van der Waals surface area contributed by atoms with Gasteiger partial charge < -0.3 is 18.8 Å². The SMILES string of the molecule is COC(=O)Cn1c(=NC(=O)c2ccc(S(=O)(=O)N3CCCCC3C)cc2)sc2cc3c(cc21)OCCO3. The molecule has 2 aliphatic rings. The highest BCUT2D eigenvalue weighted by Crippen LogP contribution is 2.35. The molecule has 196 valence electrons. The number of rotatable bonds is 5. The predicted octanol–water partition coefficient (Wildman–Crippen LogP) is 2.95. The molecule has 37 heavy (non-hydrogen) atoms. The van der Waals surface area contributed by atoms with Crippen LogP contribution in [0.4, 0.5) is 0 Å². The molecule has 1 unspecified atom stereocenters. The normalized spacial score (nSPS) is 18.6. The van der Waals surface area contributed by atoms with Gasteiger partial charge in [0.2, 0.25) is 10.0 Å². The van der Waals surface area contributed by atoms with Gasteiger partial charge >= 0.3 is 5.97 Å². The first-order chi connectivity index (χ1) is 17.8. The number of sulfonamides is 1. The molecule has 3 heterocycles. The minimum atomic E-state index is -3.65. The topological polar surface area (TPSA) is 117 Å². The van der Waals surface area contributed by atoms with Gasteiger partial charge in [0, 0.05) is 30.3 Å². The summed E-state index contributed by atoms with van der Waals surface area (Å²) in [6, 6.07) is 9.30. The van der Waals surface area contributed by atoms with Crippen LogP contribution in [0.15, 0.2) is 46.3 Å². The number of nitrogens with zero attached hydrogens (tertiary/aromatic N) is 3. The number of ether oxygens (including phenoxy) is 3. The molecule has 0 saturated carbocycles. The van der Waals surface area contributed by atoms with Crippen molar-refractivity contribution >= 4 is 43.5 Å². The second-order valence-corrected chi connectivity index (χ2v) is 11.8. The van der Waals surface area contributed by atoms with Gasteiger partial charge in [0.25, 0.3) is 5.91 Å². The average molecular weight is 546 g/mol. The van der Waals surface area contributed by atoms with Crippen molar-refractivity contribution in [2.75, 3.05) is 26.9 Å². The monoisotopic (exact) mass is 545 g/mol. The fourth-order valence-electron chi connectivity index (χ4n) is 4.52. The molecular weight excluding hydrogens is 518 g/mol. The number of aromatic nitrogens is 1. The van der Waals surface area contributed by atoms with Crippen LogP contribution >= 0.6 is 11.3 Å². The summed E-state index contributed by atoms with van der Waals surface area (Å²) < 4.78 is 46.2. The molecule has 2 aliphatic heterocycles. The summed E-state index contributed by atoms with van der Waals surface area (Å²) in [4.78, 5) is 29.9. The quantitative estimate of drug-likeness (QED) is 0.453. The molecule has 1 aromatic heterocycles. The van der Waals surface area contributed by atoms with Crippen molar-refractivity contribution in [1.29, 1.82) is 0 Å². The number of fused-ring (bicyclic) bond motifs is 2. The van der Waals surface area contributed by atoms with Crippen molar-refractivity contribution < 1.29 is 32.2 Å². The van der Waals surface area contributed by atoms with Crippen LogP contribution in [0.1, 0.15) is 36.5 Å². The van der Waals surface area contributed by atoms with Crippen molar-refractivity contribution in [2.24, 2.45) is 4.99 Å². The lowest BCUT2D eigenvalue weighted by Crippen LogP contribution is -2.41. The highest BCUT2D eigenvalue weighted by atomic mass is 32.2. The molecule has 0 N–H and O–H groups in total.